The van der Waals surface area contributed by atoms with E-state index in [1.165, 1.54) is 19.3 Å². The Bertz CT molecular complexity index is 1780. The Morgan fingerprint density at radius 2 is 1.78 bits per heavy atom. The zero-order chi connectivity index (χ0) is 42.0. The van der Waals surface area contributed by atoms with Crippen LogP contribution < -0.4 is 16.4 Å². The smallest absolute Gasteiger partial charge is 0.182 e. The molecule has 1 saturated heterocycles. The first-order valence-electron chi connectivity index (χ1n) is 23.4. The molecular weight excluding hydrogens is 747 g/mol. The van der Waals surface area contributed by atoms with Crippen LogP contribution >= 0.6 is 0 Å². The number of nitrogens with one attached hydrogen (secondary N) is 2. The van der Waals surface area contributed by atoms with Crippen molar-refractivity contribution in [1.82, 2.24) is 10.6 Å². The van der Waals surface area contributed by atoms with Gasteiger partial charge in [0.05, 0.1) is 53.6 Å². The molecule has 1 spiro atoms. The van der Waals surface area contributed by atoms with E-state index >= 15 is 4.79 Å². The third kappa shape index (κ3) is 6.12. The predicted molar refractivity (Wildman–Crippen MR) is 224 cm³/mol. The van der Waals surface area contributed by atoms with Gasteiger partial charge in [0.15, 0.2) is 5.78 Å². The Morgan fingerprint density at radius 1 is 1.03 bits per heavy atom. The summed E-state index contributed by atoms with van der Waals surface area (Å²) in [6.45, 7) is 10.0. The first-order valence-corrected chi connectivity index (χ1v) is 23.4. The molecule has 59 heavy (non-hydrogen) atoms. The quantitative estimate of drug-likeness (QED) is 0.153. The number of carbonyl (C=O) groups is 1. The van der Waals surface area contributed by atoms with Crippen LogP contribution in [-0.2, 0) is 9.53 Å². The van der Waals surface area contributed by atoms with Crippen molar-refractivity contribution in [3.8, 4) is 0 Å². The summed E-state index contributed by atoms with van der Waals surface area (Å²) >= 11 is 0. The molecule has 2 bridgehead atoms. The molecule has 10 N–H and O–H groups in total. The number of carbonyl (C=O) groups excluding carboxylic acids is 1. The minimum Gasteiger partial charge on any atom is -0.392 e. The van der Waals surface area contributed by atoms with Gasteiger partial charge in [-0.15, -0.1) is 0 Å². The van der Waals surface area contributed by atoms with Gasteiger partial charge in [-0.25, -0.2) is 0 Å². The van der Waals surface area contributed by atoms with Gasteiger partial charge in [0.25, 0.3) is 0 Å². The second-order valence-corrected chi connectivity index (χ2v) is 21.5. The van der Waals surface area contributed by atoms with Gasteiger partial charge in [-0.2, -0.15) is 0 Å². The molecule has 2 aliphatic heterocycles. The molecule has 0 amide bonds. The van der Waals surface area contributed by atoms with E-state index in [1.54, 1.807) is 13.8 Å². The van der Waals surface area contributed by atoms with E-state index in [4.69, 9.17) is 10.5 Å². The molecule has 0 radical (unpaired) electrons. The van der Waals surface area contributed by atoms with Crippen LogP contribution in [0.2, 0.25) is 0 Å². The largest absolute Gasteiger partial charge is 0.392 e. The van der Waals surface area contributed by atoms with Crippen LogP contribution in [0.15, 0.2) is 47.3 Å². The highest BCUT2D eigenvalue weighted by Crippen LogP contribution is 2.76. The molecule has 5 saturated carbocycles. The third-order valence-electron chi connectivity index (χ3n) is 18.6. The molecule has 9 aliphatic rings. The highest BCUT2D eigenvalue weighted by molar-refractivity contribution is 6.00. The monoisotopic (exact) mass is 820 g/mol. The Labute approximate surface area is 351 Å². The number of nitrogens with two attached hydrogens (primary N) is 1. The second kappa shape index (κ2) is 15.0. The standard InChI is InChI=1S/C48H73N3O8/c1-6-7-26-8-12-29-25(3)43(59-34(29)16-9-26)44(56)46(5,57)35-18-19-48(58)39-37-27(20-45(35,48)4)10-13-30(28-11-17-36(49)50-23-28)32-15-14-31-38(42(55)40(39)51-22-24(2)52)47(32,37)21-33(53)41(31)54/h10-11,13,17,23-27,29-38,41,43-44,50-54,56-58H,6-9,12,14-16,18-22,49H2,1-5H3. The summed E-state index contributed by atoms with van der Waals surface area (Å²) in [6, 6.07) is 0. The van der Waals surface area contributed by atoms with Crippen molar-refractivity contribution < 1.29 is 40.2 Å². The number of aliphatic hydroxyl groups excluding tert-OH is 4. The number of allylic oxidation sites excluding steroid dienone is 5. The van der Waals surface area contributed by atoms with Crippen LogP contribution in [0.1, 0.15) is 112 Å². The molecule has 11 heteroatoms. The summed E-state index contributed by atoms with van der Waals surface area (Å²) in [5, 5.41) is 79.9. The van der Waals surface area contributed by atoms with E-state index < -0.39 is 70.3 Å². The predicted octanol–water partition coefficient (Wildman–Crippen LogP) is 3.97. The molecule has 0 aromatic heterocycles. The number of fused-ring (bicyclic) bond motifs is 3. The van der Waals surface area contributed by atoms with Crippen molar-refractivity contribution in [2.75, 3.05) is 6.54 Å². The molecule has 9 rings (SSSR count). The Morgan fingerprint density at radius 3 is 2.49 bits per heavy atom. The summed E-state index contributed by atoms with van der Waals surface area (Å²) in [5.41, 5.74) is 3.28. The summed E-state index contributed by atoms with van der Waals surface area (Å²) < 4.78 is 6.78. The van der Waals surface area contributed by atoms with Gasteiger partial charge in [0.2, 0.25) is 0 Å². The number of dihydropyridines is 1. The molecule has 21 unspecified atom stereocenters. The molecule has 2 heterocycles. The first kappa shape index (κ1) is 42.2. The van der Waals surface area contributed by atoms with E-state index in [0.717, 1.165) is 31.3 Å². The Kier molecular flexibility index (Phi) is 10.8. The van der Waals surface area contributed by atoms with Crippen LogP contribution in [0, 0.1) is 70.0 Å². The number of hydrogen-bond acceptors (Lipinski definition) is 11. The lowest BCUT2D eigenvalue weighted by Gasteiger charge is -2.69. The average molecular weight is 820 g/mol. The van der Waals surface area contributed by atoms with Gasteiger partial charge in [-0.05, 0) is 142 Å². The summed E-state index contributed by atoms with van der Waals surface area (Å²) in [4.78, 5) is 15.5. The van der Waals surface area contributed by atoms with Crippen molar-refractivity contribution in [3.63, 3.8) is 0 Å². The fourth-order valence-electron chi connectivity index (χ4n) is 16.1. The van der Waals surface area contributed by atoms with Gasteiger partial charge < -0.3 is 51.7 Å². The number of aliphatic hydroxyl groups is 6. The van der Waals surface area contributed by atoms with Crippen molar-refractivity contribution in [1.29, 1.82) is 0 Å². The molecular formula is C48H73N3O8. The minimum absolute atomic E-state index is 0.0581. The Hall–Kier alpha value is -2.09. The molecule has 328 valence electrons. The highest BCUT2D eigenvalue weighted by Gasteiger charge is 2.76. The molecule has 0 aromatic carbocycles. The Balaban J connectivity index is 1.14. The van der Waals surface area contributed by atoms with Crippen LogP contribution in [0.5, 0.6) is 0 Å². The maximum atomic E-state index is 15.5. The molecule has 11 nitrogen and oxygen atoms in total. The SMILES string of the molecule is CCCC1CCC2OC(C(O)C(C)(O)C3CCC4(O)C5=C(NCC(C)O)C(=O)C6C7CCC8C(C9=CNC(N)C=C9)C=CC(CC34C)C5C86CC(O)C7O)C(C)C2CC1. The van der Waals surface area contributed by atoms with Crippen molar-refractivity contribution in [2.45, 2.75) is 166 Å². The van der Waals surface area contributed by atoms with Crippen LogP contribution in [0.25, 0.3) is 0 Å². The summed E-state index contributed by atoms with van der Waals surface area (Å²) in [7, 11) is 0. The van der Waals surface area contributed by atoms with Gasteiger partial charge in [0.1, 0.15) is 6.10 Å². The number of hydrogen-bond donors (Lipinski definition) is 9. The second-order valence-electron chi connectivity index (χ2n) is 21.5. The number of rotatable bonds is 9. The van der Waals surface area contributed by atoms with E-state index in [1.807, 2.05) is 12.3 Å². The van der Waals surface area contributed by atoms with Gasteiger partial charge >= 0.3 is 0 Å². The van der Waals surface area contributed by atoms with E-state index in [-0.39, 0.29) is 67.0 Å². The highest BCUT2D eigenvalue weighted by atomic mass is 16.5. The maximum absolute atomic E-state index is 15.5. The maximum Gasteiger partial charge on any atom is 0.182 e. The van der Waals surface area contributed by atoms with Crippen LogP contribution in [0.4, 0.5) is 0 Å². The van der Waals surface area contributed by atoms with Crippen molar-refractivity contribution >= 4 is 5.78 Å². The number of ketones is 1. The zero-order valence-electron chi connectivity index (χ0n) is 36.0. The molecule has 7 aliphatic carbocycles. The topological polar surface area (TPSA) is 198 Å². The zero-order valence-corrected chi connectivity index (χ0v) is 36.0. The van der Waals surface area contributed by atoms with Crippen LogP contribution in [0.3, 0.4) is 0 Å². The van der Waals surface area contributed by atoms with Crippen LogP contribution in [-0.4, -0.2) is 97.0 Å². The third-order valence-corrected chi connectivity index (χ3v) is 18.6. The molecule has 6 fully saturated rings. The number of ether oxygens (including phenoxy) is 1. The first-order chi connectivity index (χ1) is 28.0. The average Bonchev–Trinajstić information content (AvgIpc) is 3.50. The summed E-state index contributed by atoms with van der Waals surface area (Å²) in [5.74, 6) is -1.39. The van der Waals surface area contributed by atoms with E-state index in [9.17, 15) is 30.6 Å². The van der Waals surface area contributed by atoms with Crippen molar-refractivity contribution in [3.05, 3.63) is 47.3 Å². The lowest BCUT2D eigenvalue weighted by molar-refractivity contribution is -0.224. The molecule has 21 atom stereocenters. The molecule has 0 aromatic rings. The number of Topliss-reactive ketones (excluding diaryl/α,β-unsaturated/α-hetero) is 1. The van der Waals surface area contributed by atoms with E-state index in [0.29, 0.717) is 42.4 Å². The fraction of sp³-hybridized carbons (Fsp3) is 0.812. The summed E-state index contributed by atoms with van der Waals surface area (Å²) in [6.07, 6.45) is 15.3. The fourth-order valence-corrected chi connectivity index (χ4v) is 16.1. The van der Waals surface area contributed by atoms with Gasteiger partial charge in [-0.1, -0.05) is 58.3 Å². The van der Waals surface area contributed by atoms with Gasteiger partial charge in [-0.3, -0.25) is 4.79 Å². The lowest BCUT2D eigenvalue weighted by Crippen LogP contribution is -2.71. The normalized spacial score (nSPS) is 50.6. The van der Waals surface area contributed by atoms with Gasteiger partial charge in [0, 0.05) is 30.0 Å². The van der Waals surface area contributed by atoms with Crippen molar-refractivity contribution in [2.24, 2.45) is 75.7 Å². The minimum atomic E-state index is -1.63. The lowest BCUT2D eigenvalue weighted by atomic mass is 9.36. The van der Waals surface area contributed by atoms with E-state index in [2.05, 4.69) is 49.6 Å².